The van der Waals surface area contributed by atoms with Gasteiger partial charge >= 0.3 is 6.18 Å². The Morgan fingerprint density at radius 1 is 1.03 bits per heavy atom. The van der Waals surface area contributed by atoms with Gasteiger partial charge in [-0.2, -0.15) is 17.5 Å². The maximum Gasteiger partial charge on any atom is 0.416 e. The molecule has 2 fully saturated rings. The van der Waals surface area contributed by atoms with Gasteiger partial charge in [-0.3, -0.25) is 9.69 Å². The van der Waals surface area contributed by atoms with Crippen molar-refractivity contribution in [1.82, 2.24) is 14.1 Å². The molecule has 2 saturated heterocycles. The lowest BCUT2D eigenvalue weighted by molar-refractivity contribution is -0.138. The van der Waals surface area contributed by atoms with E-state index in [-0.39, 0.29) is 36.5 Å². The van der Waals surface area contributed by atoms with Gasteiger partial charge in [0, 0.05) is 38.8 Å². The van der Waals surface area contributed by atoms with Crippen molar-refractivity contribution in [3.8, 4) is 0 Å². The van der Waals surface area contributed by atoms with E-state index in [9.17, 15) is 26.4 Å². The first-order chi connectivity index (χ1) is 14.1. The van der Waals surface area contributed by atoms with Crippen molar-refractivity contribution in [3.63, 3.8) is 0 Å². The first-order valence-electron chi connectivity index (χ1n) is 10.3. The van der Waals surface area contributed by atoms with Crippen LogP contribution in [0.25, 0.3) is 0 Å². The molecular formula is C20H28F3N3O3S. The number of carbonyl (C=O) groups is 1. The molecule has 0 radical (unpaired) electrons. The predicted molar refractivity (Wildman–Crippen MR) is 106 cm³/mol. The van der Waals surface area contributed by atoms with Gasteiger partial charge in [0.2, 0.25) is 15.9 Å². The molecule has 1 atom stereocenters. The average molecular weight is 448 g/mol. The zero-order valence-corrected chi connectivity index (χ0v) is 17.9. The fourth-order valence-electron chi connectivity index (χ4n) is 4.13. The highest BCUT2D eigenvalue weighted by molar-refractivity contribution is 7.89. The number of nitrogens with zero attached hydrogens (tertiary/aromatic N) is 3. The van der Waals surface area contributed by atoms with Crippen LogP contribution in [-0.4, -0.2) is 73.7 Å². The van der Waals surface area contributed by atoms with Crippen molar-refractivity contribution < 1.29 is 26.4 Å². The van der Waals surface area contributed by atoms with Crippen LogP contribution in [-0.2, 0) is 21.0 Å². The van der Waals surface area contributed by atoms with Gasteiger partial charge in [0.1, 0.15) is 0 Å². The smallest absolute Gasteiger partial charge is 0.339 e. The van der Waals surface area contributed by atoms with Crippen LogP contribution in [0.15, 0.2) is 29.2 Å². The largest absolute Gasteiger partial charge is 0.416 e. The Morgan fingerprint density at radius 3 is 2.23 bits per heavy atom. The summed E-state index contributed by atoms with van der Waals surface area (Å²) in [5, 5.41) is 0. The predicted octanol–water partition coefficient (Wildman–Crippen LogP) is 2.80. The Bertz CT molecular complexity index is 835. The van der Waals surface area contributed by atoms with Gasteiger partial charge < -0.3 is 4.90 Å². The Labute approximate surface area is 175 Å². The van der Waals surface area contributed by atoms with Crippen LogP contribution < -0.4 is 0 Å². The number of piperazine rings is 1. The van der Waals surface area contributed by atoms with Gasteiger partial charge in [0.05, 0.1) is 17.0 Å². The Morgan fingerprint density at radius 2 is 1.67 bits per heavy atom. The molecule has 1 aromatic rings. The Hall–Kier alpha value is -1.65. The molecular weight excluding hydrogens is 419 g/mol. The summed E-state index contributed by atoms with van der Waals surface area (Å²) in [7, 11) is -3.87. The van der Waals surface area contributed by atoms with E-state index in [1.54, 1.807) is 0 Å². The molecule has 0 aromatic heterocycles. The third-order valence-electron chi connectivity index (χ3n) is 5.93. The minimum Gasteiger partial charge on any atom is -0.339 e. The summed E-state index contributed by atoms with van der Waals surface area (Å²) in [6.45, 7) is 4.36. The van der Waals surface area contributed by atoms with E-state index < -0.39 is 21.8 Å². The van der Waals surface area contributed by atoms with E-state index in [1.165, 1.54) is 4.31 Å². The van der Waals surface area contributed by atoms with Crippen molar-refractivity contribution >= 4 is 15.9 Å². The maximum atomic E-state index is 12.8. The van der Waals surface area contributed by atoms with Crippen LogP contribution in [0.2, 0.25) is 0 Å². The molecule has 1 aromatic carbocycles. The van der Waals surface area contributed by atoms with Crippen LogP contribution >= 0.6 is 0 Å². The summed E-state index contributed by atoms with van der Waals surface area (Å²) in [5.74, 6) is 0.0839. The lowest BCUT2D eigenvalue weighted by atomic mass is 10.00. The summed E-state index contributed by atoms with van der Waals surface area (Å²) in [6, 6.07) is 3.84. The lowest BCUT2D eigenvalue weighted by Gasteiger charge is -2.38. The summed E-state index contributed by atoms with van der Waals surface area (Å²) in [6.07, 6.45) is -0.387. The number of carbonyl (C=O) groups excluding carboxylic acids is 1. The number of benzene rings is 1. The van der Waals surface area contributed by atoms with Crippen LogP contribution in [0.1, 0.15) is 38.2 Å². The molecule has 6 nitrogen and oxygen atoms in total. The minimum absolute atomic E-state index is 0.0839. The van der Waals surface area contributed by atoms with Crippen molar-refractivity contribution in [3.05, 3.63) is 29.8 Å². The third-order valence-corrected chi connectivity index (χ3v) is 7.84. The van der Waals surface area contributed by atoms with E-state index in [2.05, 4.69) is 6.92 Å². The zero-order chi connectivity index (χ0) is 21.9. The molecule has 0 bridgehead atoms. The second-order valence-corrected chi connectivity index (χ2v) is 9.79. The van der Waals surface area contributed by atoms with Crippen LogP contribution in [0.4, 0.5) is 13.2 Å². The van der Waals surface area contributed by atoms with Gasteiger partial charge in [0.25, 0.3) is 0 Å². The Kier molecular flexibility index (Phi) is 7.09. The highest BCUT2D eigenvalue weighted by Crippen LogP contribution is 2.30. The van der Waals surface area contributed by atoms with Crippen LogP contribution in [0.5, 0.6) is 0 Å². The molecule has 1 unspecified atom stereocenters. The minimum atomic E-state index is -4.51. The SMILES string of the molecule is CCC1CCCCN1C(=O)CN1CCN(S(=O)(=O)c2ccc(C(F)(F)F)cc2)CC1. The number of halogens is 3. The number of alkyl halides is 3. The molecule has 0 saturated carbocycles. The third kappa shape index (κ3) is 5.15. The average Bonchev–Trinajstić information content (AvgIpc) is 2.73. The Balaban J connectivity index is 1.57. The molecule has 2 heterocycles. The number of amides is 1. The van der Waals surface area contributed by atoms with E-state index in [0.29, 0.717) is 13.1 Å². The van der Waals surface area contributed by atoms with E-state index in [0.717, 1.165) is 56.5 Å². The van der Waals surface area contributed by atoms with Crippen LogP contribution in [0, 0.1) is 0 Å². The monoisotopic (exact) mass is 447 g/mol. The molecule has 1 amide bonds. The highest BCUT2D eigenvalue weighted by atomic mass is 32.2. The molecule has 0 spiro atoms. The second-order valence-electron chi connectivity index (χ2n) is 7.85. The van der Waals surface area contributed by atoms with E-state index in [4.69, 9.17) is 0 Å². The fourth-order valence-corrected chi connectivity index (χ4v) is 5.55. The van der Waals surface area contributed by atoms with Crippen molar-refractivity contribution in [1.29, 1.82) is 0 Å². The quantitative estimate of drug-likeness (QED) is 0.697. The van der Waals surface area contributed by atoms with Gasteiger partial charge in [-0.05, 0) is 49.9 Å². The maximum absolute atomic E-state index is 12.8. The standard InChI is InChI=1S/C20H28F3N3O3S/c1-2-17-5-3-4-10-26(17)19(27)15-24-11-13-25(14-12-24)30(28,29)18-8-6-16(7-9-18)20(21,22)23/h6-9,17H,2-5,10-15H2,1H3. The van der Waals surface area contributed by atoms with Crippen molar-refractivity contribution in [2.75, 3.05) is 39.3 Å². The first-order valence-corrected chi connectivity index (χ1v) is 11.8. The summed E-state index contributed by atoms with van der Waals surface area (Å²) >= 11 is 0. The van der Waals surface area contributed by atoms with Gasteiger partial charge in [0.15, 0.2) is 0 Å². The molecule has 0 aliphatic carbocycles. The number of rotatable bonds is 5. The molecule has 2 aliphatic heterocycles. The number of piperidine rings is 1. The van der Waals surface area contributed by atoms with E-state index >= 15 is 0 Å². The number of hydrogen-bond acceptors (Lipinski definition) is 4. The zero-order valence-electron chi connectivity index (χ0n) is 17.1. The van der Waals surface area contributed by atoms with Crippen LogP contribution in [0.3, 0.4) is 0 Å². The normalized spacial score (nSPS) is 22.3. The summed E-state index contributed by atoms with van der Waals surface area (Å²) < 4.78 is 64.9. The van der Waals surface area contributed by atoms with Crippen molar-refractivity contribution in [2.45, 2.75) is 49.7 Å². The molecule has 30 heavy (non-hydrogen) atoms. The molecule has 2 aliphatic rings. The topological polar surface area (TPSA) is 60.9 Å². The van der Waals surface area contributed by atoms with Gasteiger partial charge in [-0.15, -0.1) is 0 Å². The number of sulfonamides is 1. The van der Waals surface area contributed by atoms with E-state index in [1.807, 2.05) is 9.80 Å². The number of likely N-dealkylation sites (tertiary alicyclic amines) is 1. The fraction of sp³-hybridized carbons (Fsp3) is 0.650. The first kappa shape index (κ1) is 23.0. The molecule has 10 heteroatoms. The lowest BCUT2D eigenvalue weighted by Crippen LogP contribution is -2.53. The summed E-state index contributed by atoms with van der Waals surface area (Å²) in [4.78, 5) is 16.5. The van der Waals surface area contributed by atoms with Crippen molar-refractivity contribution in [2.24, 2.45) is 0 Å². The van der Waals surface area contributed by atoms with Gasteiger partial charge in [-0.25, -0.2) is 8.42 Å². The molecule has 3 rings (SSSR count). The summed E-state index contributed by atoms with van der Waals surface area (Å²) in [5.41, 5.74) is -0.882. The number of hydrogen-bond donors (Lipinski definition) is 0. The second kappa shape index (κ2) is 9.23. The molecule has 0 N–H and O–H groups in total. The van der Waals surface area contributed by atoms with Gasteiger partial charge in [-0.1, -0.05) is 6.92 Å². The highest BCUT2D eigenvalue weighted by Gasteiger charge is 2.33. The molecule has 168 valence electrons.